The molecular weight excluding hydrogens is 624 g/mol. The van der Waals surface area contributed by atoms with Crippen LogP contribution in [-0.2, 0) is 38.7 Å². The molecule has 9 nitrogen and oxygen atoms in total. The van der Waals surface area contributed by atoms with E-state index >= 15 is 0 Å². The van der Waals surface area contributed by atoms with Crippen molar-refractivity contribution in [2.24, 2.45) is 51.8 Å². The third kappa shape index (κ3) is 5.88. The van der Waals surface area contributed by atoms with Gasteiger partial charge in [-0.15, -0.1) is 0 Å². The van der Waals surface area contributed by atoms with Gasteiger partial charge in [0.25, 0.3) is 0 Å². The van der Waals surface area contributed by atoms with Crippen LogP contribution in [0.1, 0.15) is 90.4 Å². The Kier molecular flexibility index (Phi) is 8.10. The van der Waals surface area contributed by atoms with Crippen LogP contribution in [0.2, 0.25) is 0 Å². The number of alkyl halides is 4. The molecule has 14 heteroatoms. The summed E-state index contributed by atoms with van der Waals surface area (Å²) in [5.41, 5.74) is -3.21. The molecule has 0 heterocycles. The summed E-state index contributed by atoms with van der Waals surface area (Å²) in [5.74, 6) is -4.93. The van der Waals surface area contributed by atoms with Gasteiger partial charge in [0, 0.05) is 0 Å². The van der Waals surface area contributed by atoms with Gasteiger partial charge in [0.05, 0.1) is 23.9 Å². The highest BCUT2D eigenvalue weighted by molar-refractivity contribution is 7.86. The number of ether oxygens (including phenoxy) is 3. The van der Waals surface area contributed by atoms with Crippen molar-refractivity contribution in [2.45, 2.75) is 102 Å². The van der Waals surface area contributed by atoms with Crippen LogP contribution in [-0.4, -0.2) is 61.9 Å². The lowest BCUT2D eigenvalue weighted by atomic mass is 9.49. The molecule has 0 unspecified atom stereocenters. The Labute approximate surface area is 260 Å². The Morgan fingerprint density at radius 1 is 0.689 bits per heavy atom. The van der Waals surface area contributed by atoms with Crippen molar-refractivity contribution < 1.29 is 59.1 Å². The average Bonchev–Trinajstić information content (AvgIpc) is 2.92. The Balaban J connectivity index is 1.14. The van der Waals surface area contributed by atoms with Crippen LogP contribution in [0.5, 0.6) is 0 Å². The molecule has 8 rings (SSSR count). The lowest BCUT2D eigenvalue weighted by Crippen LogP contribution is -2.52. The van der Waals surface area contributed by atoms with Crippen LogP contribution in [0, 0.1) is 51.8 Å². The second-order valence-corrected chi connectivity index (χ2v) is 17.1. The van der Waals surface area contributed by atoms with E-state index in [4.69, 9.17) is 14.2 Å². The molecule has 0 amide bonds. The first-order valence-electron chi connectivity index (χ1n) is 16.1. The van der Waals surface area contributed by atoms with Crippen molar-refractivity contribution in [3.63, 3.8) is 0 Å². The molecule has 0 aromatic rings. The fraction of sp³-hybridized carbons (Fsp3) is 0.903. The summed E-state index contributed by atoms with van der Waals surface area (Å²) < 4.78 is 104. The van der Waals surface area contributed by atoms with Gasteiger partial charge in [0.15, 0.2) is 10.1 Å². The van der Waals surface area contributed by atoms with Crippen LogP contribution in [0.4, 0.5) is 17.6 Å². The Bertz CT molecular complexity index is 1200. The number of hydrogen-bond donors (Lipinski definition) is 0. The second kappa shape index (κ2) is 11.1. The van der Waals surface area contributed by atoms with Crippen LogP contribution in [0.15, 0.2) is 0 Å². The van der Waals surface area contributed by atoms with Crippen molar-refractivity contribution >= 4 is 28.0 Å². The van der Waals surface area contributed by atoms with Crippen LogP contribution in [0.25, 0.3) is 0 Å². The first-order chi connectivity index (χ1) is 20.9. The van der Waals surface area contributed by atoms with E-state index in [1.165, 1.54) is 6.92 Å². The molecule has 8 saturated carbocycles. The third-order valence-electron chi connectivity index (χ3n) is 11.9. The summed E-state index contributed by atoms with van der Waals surface area (Å²) in [6.45, 7) is -1.27. The van der Waals surface area contributed by atoms with Gasteiger partial charge in [0.1, 0.15) is 18.6 Å². The Hall–Kier alpha value is -1.96. The number of carbonyl (C=O) groups is 3. The van der Waals surface area contributed by atoms with E-state index in [9.17, 15) is 44.9 Å². The van der Waals surface area contributed by atoms with Crippen molar-refractivity contribution in [3.8, 4) is 0 Å². The number of hydrogen-bond acceptors (Lipinski definition) is 9. The maximum atomic E-state index is 14.0. The molecule has 8 aliphatic carbocycles. The van der Waals surface area contributed by atoms with Crippen molar-refractivity contribution in [2.75, 3.05) is 19.8 Å². The van der Waals surface area contributed by atoms with E-state index in [-0.39, 0.29) is 0 Å². The molecule has 8 fully saturated rings. The summed E-state index contributed by atoms with van der Waals surface area (Å²) in [4.78, 5) is 40.4. The maximum Gasteiger partial charge on any atom is 0.396 e. The zero-order valence-corrected chi connectivity index (χ0v) is 26.2. The second-order valence-electron chi connectivity index (χ2n) is 15.7. The summed E-state index contributed by atoms with van der Waals surface area (Å²) in [5, 5.41) is -5.92. The topological polar surface area (TPSA) is 136 Å². The van der Waals surface area contributed by atoms with Crippen LogP contribution < -0.4 is 0 Å². The molecule has 0 N–H and O–H groups in total. The molecule has 8 bridgehead atoms. The molecule has 45 heavy (non-hydrogen) atoms. The highest BCUT2D eigenvalue weighted by atomic mass is 32.2. The van der Waals surface area contributed by atoms with E-state index in [0.717, 1.165) is 38.5 Å². The van der Waals surface area contributed by atoms with Gasteiger partial charge in [-0.3, -0.25) is 14.4 Å². The quantitative estimate of drug-likeness (QED) is 0.119. The van der Waals surface area contributed by atoms with E-state index in [0.29, 0.717) is 74.0 Å². The van der Waals surface area contributed by atoms with Gasteiger partial charge >= 0.3 is 29.1 Å². The number of carbonyl (C=O) groups excluding carboxylic acids is 3. The largest absolute Gasteiger partial charge is 0.743 e. The van der Waals surface area contributed by atoms with Gasteiger partial charge in [-0.2, -0.15) is 17.6 Å². The van der Waals surface area contributed by atoms with E-state index in [2.05, 4.69) is 0 Å². The lowest BCUT2D eigenvalue weighted by molar-refractivity contribution is -0.190. The predicted molar refractivity (Wildman–Crippen MR) is 146 cm³/mol. The average molecular weight is 666 g/mol. The normalized spacial score (nSPS) is 38.1. The molecule has 8 aliphatic rings. The van der Waals surface area contributed by atoms with Gasteiger partial charge in [-0.05, 0) is 119 Å². The zero-order chi connectivity index (χ0) is 32.6. The monoisotopic (exact) mass is 665 g/mol. The smallest absolute Gasteiger partial charge is 0.396 e. The van der Waals surface area contributed by atoms with Crippen LogP contribution in [0.3, 0.4) is 0 Å². The van der Waals surface area contributed by atoms with Crippen molar-refractivity contribution in [1.82, 2.24) is 0 Å². The van der Waals surface area contributed by atoms with Crippen molar-refractivity contribution in [1.29, 1.82) is 0 Å². The van der Waals surface area contributed by atoms with E-state index in [1.54, 1.807) is 0 Å². The molecule has 0 saturated heterocycles. The Morgan fingerprint density at radius 2 is 1.02 bits per heavy atom. The first kappa shape index (κ1) is 33.0. The molecule has 254 valence electrons. The fourth-order valence-corrected chi connectivity index (χ4v) is 10.9. The minimum absolute atomic E-state index is 0.430. The molecule has 0 radical (unpaired) electrons. The van der Waals surface area contributed by atoms with Gasteiger partial charge in [-0.25, -0.2) is 8.42 Å². The van der Waals surface area contributed by atoms with Crippen molar-refractivity contribution in [3.05, 3.63) is 0 Å². The molecule has 0 aromatic carbocycles. The Morgan fingerprint density at radius 3 is 1.33 bits per heavy atom. The maximum absolute atomic E-state index is 14.0. The van der Waals surface area contributed by atoms with Gasteiger partial charge < -0.3 is 18.8 Å². The third-order valence-corrected chi connectivity index (χ3v) is 12.8. The standard InChI is InChI=1S/C31H42F4O9S/c1-27(24(36)42-3-2-30(32,33)31(34,35)45(39,40)41,16-43-25(37)28-10-18-4-19(11-28)6-20(5-18)12-28)17-44-26(38)29-13-21-7-22(14-29)9-23(8-21)15-29/h18-23H,2-17H2,1H3,(H,39,40,41)/p-1. The first-order valence-corrected chi connectivity index (χ1v) is 17.5. The summed E-state index contributed by atoms with van der Waals surface area (Å²) in [7, 11) is -6.70. The zero-order valence-electron chi connectivity index (χ0n) is 25.4. The van der Waals surface area contributed by atoms with Gasteiger partial charge in [-0.1, -0.05) is 0 Å². The molecule has 0 spiro atoms. The SMILES string of the molecule is CC(COC(=O)C12CC3CC(CC(C3)C1)C2)(COC(=O)C12CC3CC(CC(C3)C1)C2)C(=O)OCCC(F)(F)C(F)(F)S(=O)(=O)[O-]. The molecule has 0 aromatic heterocycles. The van der Waals surface area contributed by atoms with Crippen LogP contribution >= 0.6 is 0 Å². The fourth-order valence-electron chi connectivity index (χ4n) is 10.4. The van der Waals surface area contributed by atoms with Gasteiger partial charge in [0.2, 0.25) is 0 Å². The summed E-state index contributed by atoms with van der Waals surface area (Å²) >= 11 is 0. The molecule has 0 atom stereocenters. The predicted octanol–water partition coefficient (Wildman–Crippen LogP) is 5.22. The number of halogens is 4. The highest BCUT2D eigenvalue weighted by Gasteiger charge is 2.62. The summed E-state index contributed by atoms with van der Waals surface area (Å²) in [6, 6.07) is 0. The number of rotatable bonds is 12. The van der Waals surface area contributed by atoms with E-state index < -0.39 is 81.7 Å². The highest BCUT2D eigenvalue weighted by Crippen LogP contribution is 2.61. The lowest BCUT2D eigenvalue weighted by Gasteiger charge is -2.55. The minimum atomic E-state index is -6.70. The number of esters is 3. The van der Waals surface area contributed by atoms with E-state index in [1.807, 2.05) is 0 Å². The minimum Gasteiger partial charge on any atom is -0.743 e. The summed E-state index contributed by atoms with van der Waals surface area (Å²) in [6.07, 6.45) is 8.63. The molecular formula is C31H41F4O9S-. The molecule has 0 aliphatic heterocycles.